The summed E-state index contributed by atoms with van der Waals surface area (Å²) in [7, 11) is 0. The SMILES string of the molecule is CC(=O)/C(=C/C1C(C)=CCCC1(C)C)C(C)(C)C. The molecule has 0 spiro atoms. The molecule has 0 N–H and O–H groups in total. The first-order valence-electron chi connectivity index (χ1n) is 6.95. The zero-order valence-electron chi connectivity index (χ0n) is 13.1. The van der Waals surface area contributed by atoms with Crippen molar-refractivity contribution < 1.29 is 4.79 Å². The average Bonchev–Trinajstić information content (AvgIpc) is 2.12. The van der Waals surface area contributed by atoms with E-state index in [1.165, 1.54) is 12.0 Å². The molecule has 18 heavy (non-hydrogen) atoms. The number of carbonyl (C=O) groups excluding carboxylic acids is 1. The molecule has 0 saturated heterocycles. The molecule has 1 aliphatic rings. The number of hydrogen-bond donors (Lipinski definition) is 0. The first-order chi connectivity index (χ1) is 8.05. The molecule has 0 aromatic rings. The van der Waals surface area contributed by atoms with Gasteiger partial charge >= 0.3 is 0 Å². The summed E-state index contributed by atoms with van der Waals surface area (Å²) in [5.74, 6) is 0.598. The monoisotopic (exact) mass is 248 g/mol. The summed E-state index contributed by atoms with van der Waals surface area (Å²) in [5, 5.41) is 0. The van der Waals surface area contributed by atoms with Crippen molar-refractivity contribution in [1.82, 2.24) is 0 Å². The maximum absolute atomic E-state index is 11.9. The third kappa shape index (κ3) is 3.34. The number of rotatable bonds is 2. The molecular weight excluding hydrogens is 220 g/mol. The van der Waals surface area contributed by atoms with Crippen molar-refractivity contribution in [2.45, 2.75) is 61.3 Å². The second-order valence-corrected chi connectivity index (χ2v) is 7.34. The second-order valence-electron chi connectivity index (χ2n) is 7.34. The summed E-state index contributed by atoms with van der Waals surface area (Å²) in [4.78, 5) is 11.9. The van der Waals surface area contributed by atoms with Crippen molar-refractivity contribution in [3.05, 3.63) is 23.3 Å². The number of allylic oxidation sites excluding steroid dienone is 4. The molecule has 0 heterocycles. The van der Waals surface area contributed by atoms with E-state index in [0.29, 0.717) is 5.92 Å². The summed E-state index contributed by atoms with van der Waals surface area (Å²) in [6.07, 6.45) is 6.91. The lowest BCUT2D eigenvalue weighted by molar-refractivity contribution is -0.114. The van der Waals surface area contributed by atoms with Gasteiger partial charge in [-0.1, -0.05) is 52.3 Å². The highest BCUT2D eigenvalue weighted by Gasteiger charge is 2.33. The zero-order valence-corrected chi connectivity index (χ0v) is 13.1. The van der Waals surface area contributed by atoms with Gasteiger partial charge in [0.05, 0.1) is 0 Å². The summed E-state index contributed by atoms with van der Waals surface area (Å²) in [5.41, 5.74) is 2.56. The van der Waals surface area contributed by atoms with Crippen molar-refractivity contribution in [3.8, 4) is 0 Å². The van der Waals surface area contributed by atoms with Crippen LogP contribution in [0.1, 0.15) is 61.3 Å². The van der Waals surface area contributed by atoms with E-state index < -0.39 is 0 Å². The van der Waals surface area contributed by atoms with Gasteiger partial charge in [-0.2, -0.15) is 0 Å². The summed E-state index contributed by atoms with van der Waals surface area (Å²) < 4.78 is 0. The topological polar surface area (TPSA) is 17.1 Å². The predicted molar refractivity (Wildman–Crippen MR) is 78.5 cm³/mol. The fourth-order valence-electron chi connectivity index (χ4n) is 2.99. The van der Waals surface area contributed by atoms with Gasteiger partial charge in [-0.25, -0.2) is 0 Å². The molecule has 0 radical (unpaired) electrons. The lowest BCUT2D eigenvalue weighted by Gasteiger charge is -2.38. The Labute approximate surface area is 112 Å². The molecule has 102 valence electrons. The van der Waals surface area contributed by atoms with Crippen LogP contribution in [0.15, 0.2) is 23.3 Å². The largest absolute Gasteiger partial charge is 0.295 e. The summed E-state index contributed by atoms with van der Waals surface area (Å²) >= 11 is 0. The lowest BCUT2D eigenvalue weighted by Crippen LogP contribution is -2.28. The van der Waals surface area contributed by atoms with Crippen LogP contribution in [0.3, 0.4) is 0 Å². The van der Waals surface area contributed by atoms with E-state index in [2.05, 4.69) is 53.7 Å². The Morgan fingerprint density at radius 2 is 1.94 bits per heavy atom. The molecule has 1 unspecified atom stereocenters. The minimum Gasteiger partial charge on any atom is -0.295 e. The van der Waals surface area contributed by atoms with Crippen molar-refractivity contribution in [1.29, 1.82) is 0 Å². The number of hydrogen-bond acceptors (Lipinski definition) is 1. The van der Waals surface area contributed by atoms with Gasteiger partial charge in [0.25, 0.3) is 0 Å². The zero-order chi connectivity index (χ0) is 14.1. The van der Waals surface area contributed by atoms with Gasteiger partial charge in [0, 0.05) is 5.92 Å². The number of carbonyl (C=O) groups is 1. The second kappa shape index (κ2) is 5.03. The lowest BCUT2D eigenvalue weighted by atomic mass is 9.67. The van der Waals surface area contributed by atoms with Gasteiger partial charge in [0.1, 0.15) is 0 Å². The number of Topliss-reactive ketones (excluding diaryl/α,β-unsaturated/α-hetero) is 1. The van der Waals surface area contributed by atoms with Crippen LogP contribution in [0.25, 0.3) is 0 Å². The van der Waals surface area contributed by atoms with Gasteiger partial charge in [0.15, 0.2) is 5.78 Å². The Balaban J connectivity index is 3.22. The minimum absolute atomic E-state index is 0.0698. The van der Waals surface area contributed by atoms with E-state index in [0.717, 1.165) is 12.0 Å². The van der Waals surface area contributed by atoms with Gasteiger partial charge in [-0.3, -0.25) is 4.79 Å². The van der Waals surface area contributed by atoms with Crippen LogP contribution in [0.4, 0.5) is 0 Å². The van der Waals surface area contributed by atoms with Crippen molar-refractivity contribution in [2.75, 3.05) is 0 Å². The normalized spacial score (nSPS) is 24.7. The highest BCUT2D eigenvalue weighted by atomic mass is 16.1. The smallest absolute Gasteiger partial charge is 0.156 e. The standard InChI is InChI=1S/C17H28O/c1-12-9-8-10-17(6,7)14(12)11-15(13(2)18)16(3,4)5/h9,11,14H,8,10H2,1-7H3/b15-11-. The fourth-order valence-corrected chi connectivity index (χ4v) is 2.99. The molecule has 1 aliphatic carbocycles. The summed E-state index contributed by atoms with van der Waals surface area (Å²) in [6.45, 7) is 14.9. The van der Waals surface area contributed by atoms with Crippen molar-refractivity contribution in [3.63, 3.8) is 0 Å². The van der Waals surface area contributed by atoms with E-state index in [1.807, 2.05) is 0 Å². The molecule has 1 heteroatoms. The van der Waals surface area contributed by atoms with Crippen molar-refractivity contribution in [2.24, 2.45) is 16.7 Å². The Hall–Kier alpha value is -0.850. The van der Waals surface area contributed by atoms with E-state index in [9.17, 15) is 4.79 Å². The molecule has 1 rings (SSSR count). The molecule has 0 bridgehead atoms. The predicted octanol–water partition coefficient (Wildman–Crippen LogP) is 4.93. The molecule has 0 saturated carbocycles. The third-order valence-electron chi connectivity index (χ3n) is 4.11. The third-order valence-corrected chi connectivity index (χ3v) is 4.11. The maximum atomic E-state index is 11.9. The van der Waals surface area contributed by atoms with Gasteiger partial charge in [-0.05, 0) is 43.1 Å². The molecule has 0 fully saturated rings. The van der Waals surface area contributed by atoms with E-state index in [1.54, 1.807) is 6.92 Å². The van der Waals surface area contributed by atoms with Crippen LogP contribution in [-0.2, 0) is 4.79 Å². The highest BCUT2D eigenvalue weighted by molar-refractivity contribution is 5.94. The molecule has 1 atom stereocenters. The van der Waals surface area contributed by atoms with Crippen molar-refractivity contribution >= 4 is 5.78 Å². The highest BCUT2D eigenvalue weighted by Crippen LogP contribution is 2.43. The minimum atomic E-state index is -0.0698. The summed E-state index contributed by atoms with van der Waals surface area (Å²) in [6, 6.07) is 0. The van der Waals surface area contributed by atoms with Crippen LogP contribution < -0.4 is 0 Å². The molecule has 0 aromatic heterocycles. The van der Waals surface area contributed by atoms with Crippen LogP contribution in [-0.4, -0.2) is 5.78 Å². The number of ketones is 1. The van der Waals surface area contributed by atoms with Gasteiger partial charge in [-0.15, -0.1) is 0 Å². The first kappa shape index (κ1) is 15.2. The Morgan fingerprint density at radius 1 is 1.39 bits per heavy atom. The molecule has 0 aromatic carbocycles. The molecule has 0 amide bonds. The quantitative estimate of drug-likeness (QED) is 0.500. The van der Waals surface area contributed by atoms with Crippen LogP contribution in [0.5, 0.6) is 0 Å². The maximum Gasteiger partial charge on any atom is 0.156 e. The Kier molecular flexibility index (Phi) is 4.25. The van der Waals surface area contributed by atoms with E-state index in [4.69, 9.17) is 0 Å². The Morgan fingerprint density at radius 3 is 2.33 bits per heavy atom. The fraction of sp³-hybridized carbons (Fsp3) is 0.706. The van der Waals surface area contributed by atoms with E-state index in [-0.39, 0.29) is 16.6 Å². The molecular formula is C17H28O. The van der Waals surface area contributed by atoms with Crippen LogP contribution in [0, 0.1) is 16.7 Å². The van der Waals surface area contributed by atoms with Crippen LogP contribution in [0.2, 0.25) is 0 Å². The molecule has 1 nitrogen and oxygen atoms in total. The van der Waals surface area contributed by atoms with E-state index >= 15 is 0 Å². The Bertz CT molecular complexity index is 388. The average molecular weight is 248 g/mol. The molecule has 0 aliphatic heterocycles. The van der Waals surface area contributed by atoms with Crippen LogP contribution >= 0.6 is 0 Å². The van der Waals surface area contributed by atoms with Gasteiger partial charge in [0.2, 0.25) is 0 Å². The first-order valence-corrected chi connectivity index (χ1v) is 6.95. The van der Waals surface area contributed by atoms with Gasteiger partial charge < -0.3 is 0 Å².